The molecule has 2 aromatic rings. The van der Waals surface area contributed by atoms with Gasteiger partial charge in [-0.3, -0.25) is 4.79 Å². The number of likely N-dealkylation sites (tertiary alicyclic amines) is 1. The molecule has 140 valence electrons. The van der Waals surface area contributed by atoms with E-state index in [4.69, 9.17) is 0 Å². The highest BCUT2D eigenvalue weighted by atomic mass is 35.5. The van der Waals surface area contributed by atoms with E-state index in [1.165, 1.54) is 0 Å². The van der Waals surface area contributed by atoms with Crippen molar-refractivity contribution >= 4 is 41.8 Å². The molecule has 3 heterocycles. The van der Waals surface area contributed by atoms with Crippen LogP contribution in [0, 0.1) is 12.8 Å². The number of halogens is 2. The lowest BCUT2D eigenvalue weighted by Crippen LogP contribution is -2.31. The fraction of sp³-hybridized carbons (Fsp3) is 0.588. The summed E-state index contributed by atoms with van der Waals surface area (Å²) in [5, 5.41) is 8.52. The number of amides is 1. The molecule has 0 bridgehead atoms. The van der Waals surface area contributed by atoms with Crippen LogP contribution in [0.4, 0.5) is 0 Å². The molecular formula is C17H27Cl2N5O. The molecule has 1 saturated heterocycles. The molecule has 1 aliphatic heterocycles. The molecule has 25 heavy (non-hydrogen) atoms. The molecule has 1 N–H and O–H groups in total. The number of carbonyl (C=O) groups excluding carboxylic acids is 1. The third-order valence-electron chi connectivity index (χ3n) is 4.55. The van der Waals surface area contributed by atoms with Gasteiger partial charge in [0.15, 0.2) is 5.65 Å². The zero-order valence-electron chi connectivity index (χ0n) is 15.2. The van der Waals surface area contributed by atoms with Gasteiger partial charge in [-0.15, -0.1) is 24.8 Å². The lowest BCUT2D eigenvalue weighted by Gasteiger charge is -2.18. The van der Waals surface area contributed by atoms with Crippen molar-refractivity contribution < 1.29 is 4.79 Å². The molecule has 0 aliphatic carbocycles. The molecule has 0 saturated carbocycles. The molecule has 6 nitrogen and oxygen atoms in total. The number of nitrogens with one attached hydrogen (secondary N) is 1. The highest BCUT2D eigenvalue weighted by Crippen LogP contribution is 2.23. The van der Waals surface area contributed by atoms with Crippen LogP contribution in [0.15, 0.2) is 12.3 Å². The number of pyridine rings is 1. The Morgan fingerprint density at radius 1 is 1.40 bits per heavy atom. The molecule has 3 rings (SSSR count). The predicted molar refractivity (Wildman–Crippen MR) is 105 cm³/mol. The molecule has 2 aromatic heterocycles. The first-order chi connectivity index (χ1) is 11.0. The number of aromatic nitrogens is 3. The molecule has 1 atom stereocenters. The van der Waals surface area contributed by atoms with Crippen molar-refractivity contribution in [2.24, 2.45) is 5.92 Å². The largest absolute Gasteiger partial charge is 0.338 e. The zero-order valence-corrected chi connectivity index (χ0v) is 16.8. The van der Waals surface area contributed by atoms with Gasteiger partial charge in [-0.25, -0.2) is 9.67 Å². The second-order valence-corrected chi connectivity index (χ2v) is 6.68. The summed E-state index contributed by atoms with van der Waals surface area (Å²) in [5.41, 5.74) is 2.33. The van der Waals surface area contributed by atoms with E-state index in [-0.39, 0.29) is 36.8 Å². The maximum atomic E-state index is 12.8. The van der Waals surface area contributed by atoms with E-state index >= 15 is 0 Å². The molecule has 0 aromatic carbocycles. The predicted octanol–water partition coefficient (Wildman–Crippen LogP) is 2.85. The Balaban J connectivity index is 0.00000156. The minimum Gasteiger partial charge on any atom is -0.338 e. The number of aryl methyl sites for hydroxylation is 1. The third-order valence-corrected chi connectivity index (χ3v) is 4.55. The molecule has 1 fully saturated rings. The van der Waals surface area contributed by atoms with Crippen molar-refractivity contribution in [3.63, 3.8) is 0 Å². The lowest BCUT2D eigenvalue weighted by molar-refractivity contribution is 0.0786. The summed E-state index contributed by atoms with van der Waals surface area (Å²) in [4.78, 5) is 19.4. The van der Waals surface area contributed by atoms with Crippen LogP contribution in [0.5, 0.6) is 0 Å². The minimum atomic E-state index is 0. The molecule has 1 aliphatic rings. The van der Waals surface area contributed by atoms with Crippen molar-refractivity contribution in [3.05, 3.63) is 23.5 Å². The van der Waals surface area contributed by atoms with Crippen LogP contribution < -0.4 is 5.32 Å². The quantitative estimate of drug-likeness (QED) is 0.875. The Kier molecular flexibility index (Phi) is 7.65. The fourth-order valence-electron chi connectivity index (χ4n) is 3.30. The van der Waals surface area contributed by atoms with Gasteiger partial charge in [0.25, 0.3) is 5.91 Å². The van der Waals surface area contributed by atoms with Gasteiger partial charge in [-0.05, 0) is 52.8 Å². The molecule has 0 spiro atoms. The highest BCUT2D eigenvalue weighted by molar-refractivity contribution is 5.98. The van der Waals surface area contributed by atoms with Crippen LogP contribution in [0.3, 0.4) is 0 Å². The fourth-order valence-corrected chi connectivity index (χ4v) is 3.30. The summed E-state index contributed by atoms with van der Waals surface area (Å²) in [5.74, 6) is 0.637. The van der Waals surface area contributed by atoms with Crippen LogP contribution in [0.1, 0.15) is 42.4 Å². The van der Waals surface area contributed by atoms with Gasteiger partial charge < -0.3 is 10.2 Å². The number of rotatable bonds is 4. The number of hydrogen-bond acceptors (Lipinski definition) is 4. The van der Waals surface area contributed by atoms with E-state index in [2.05, 4.69) is 29.2 Å². The number of hydrogen-bond donors (Lipinski definition) is 1. The topological polar surface area (TPSA) is 63.1 Å². The monoisotopic (exact) mass is 387 g/mol. The zero-order chi connectivity index (χ0) is 16.6. The Bertz CT molecular complexity index is 731. The van der Waals surface area contributed by atoms with Gasteiger partial charge in [0.2, 0.25) is 0 Å². The van der Waals surface area contributed by atoms with E-state index < -0.39 is 0 Å². The number of nitrogens with zero attached hydrogens (tertiary/aromatic N) is 4. The Morgan fingerprint density at radius 2 is 2.12 bits per heavy atom. The van der Waals surface area contributed by atoms with E-state index in [1.807, 2.05) is 29.6 Å². The average molecular weight is 388 g/mol. The maximum absolute atomic E-state index is 12.8. The molecule has 8 heteroatoms. The van der Waals surface area contributed by atoms with E-state index in [0.29, 0.717) is 11.5 Å². The second-order valence-electron chi connectivity index (χ2n) is 6.68. The Morgan fingerprint density at radius 3 is 2.76 bits per heavy atom. The molecular weight excluding hydrogens is 361 g/mol. The summed E-state index contributed by atoms with van der Waals surface area (Å²) in [7, 11) is 1.96. The van der Waals surface area contributed by atoms with Gasteiger partial charge in [-0.2, -0.15) is 5.10 Å². The summed E-state index contributed by atoms with van der Waals surface area (Å²) in [6.45, 7) is 8.67. The first-order valence-electron chi connectivity index (χ1n) is 8.30. The highest BCUT2D eigenvalue weighted by Gasteiger charge is 2.28. The lowest BCUT2D eigenvalue weighted by atomic mass is 10.1. The van der Waals surface area contributed by atoms with E-state index in [0.717, 1.165) is 42.8 Å². The average Bonchev–Trinajstić information content (AvgIpc) is 3.12. The van der Waals surface area contributed by atoms with Crippen LogP contribution >= 0.6 is 24.8 Å². The normalized spacial score (nSPS) is 16.8. The first kappa shape index (κ1) is 21.7. The van der Waals surface area contributed by atoms with Crippen molar-refractivity contribution in [2.75, 3.05) is 26.7 Å². The maximum Gasteiger partial charge on any atom is 0.255 e. The van der Waals surface area contributed by atoms with Crippen LogP contribution in [-0.2, 0) is 0 Å². The van der Waals surface area contributed by atoms with E-state index in [1.54, 1.807) is 6.20 Å². The van der Waals surface area contributed by atoms with Crippen molar-refractivity contribution in [1.82, 2.24) is 25.0 Å². The standard InChI is InChI=1S/C17H25N5O.2ClH/c1-11(2)22-16-14(9-19-22)7-15(12(3)20-16)17(23)21-6-5-13(10-21)8-18-4;;/h7,9,11,13,18H,5-6,8,10H2,1-4H3;2*1H. The number of carbonyl (C=O) groups is 1. The van der Waals surface area contributed by atoms with Crippen molar-refractivity contribution in [3.8, 4) is 0 Å². The summed E-state index contributed by atoms with van der Waals surface area (Å²) in [6.07, 6.45) is 2.86. The smallest absolute Gasteiger partial charge is 0.255 e. The Hall–Kier alpha value is -1.37. The van der Waals surface area contributed by atoms with Crippen LogP contribution in [0.2, 0.25) is 0 Å². The van der Waals surface area contributed by atoms with Gasteiger partial charge in [0, 0.05) is 24.5 Å². The molecule has 0 radical (unpaired) electrons. The van der Waals surface area contributed by atoms with Gasteiger partial charge in [0.1, 0.15) is 0 Å². The Labute approximate surface area is 161 Å². The third kappa shape index (κ3) is 4.25. The van der Waals surface area contributed by atoms with Crippen LogP contribution in [-0.4, -0.2) is 52.3 Å². The van der Waals surface area contributed by atoms with Gasteiger partial charge in [0.05, 0.1) is 17.5 Å². The summed E-state index contributed by atoms with van der Waals surface area (Å²) >= 11 is 0. The van der Waals surface area contributed by atoms with Crippen molar-refractivity contribution in [1.29, 1.82) is 0 Å². The summed E-state index contributed by atoms with van der Waals surface area (Å²) in [6, 6.07) is 2.19. The van der Waals surface area contributed by atoms with E-state index in [9.17, 15) is 4.79 Å². The SMILES string of the molecule is CNCC1CCN(C(=O)c2cc3cnn(C(C)C)c3nc2C)C1.Cl.Cl. The van der Waals surface area contributed by atoms with Gasteiger partial charge >= 0.3 is 0 Å². The van der Waals surface area contributed by atoms with Gasteiger partial charge in [-0.1, -0.05) is 0 Å². The van der Waals surface area contributed by atoms with Crippen molar-refractivity contribution in [2.45, 2.75) is 33.2 Å². The molecule has 1 amide bonds. The minimum absolute atomic E-state index is 0. The summed E-state index contributed by atoms with van der Waals surface area (Å²) < 4.78 is 1.90. The van der Waals surface area contributed by atoms with Crippen LogP contribution in [0.25, 0.3) is 11.0 Å². The molecule has 1 unspecified atom stereocenters. The second kappa shape index (κ2) is 8.83. The first-order valence-corrected chi connectivity index (χ1v) is 8.30. The number of fused-ring (bicyclic) bond motifs is 1.